The molecule has 0 spiro atoms. The van der Waals surface area contributed by atoms with E-state index in [1.54, 1.807) is 42.7 Å². The summed E-state index contributed by atoms with van der Waals surface area (Å²) in [6.45, 7) is 3.62. The van der Waals surface area contributed by atoms with Crippen LogP contribution in [-0.4, -0.2) is 58.8 Å². The molecule has 4 rings (SSSR count). The predicted molar refractivity (Wildman–Crippen MR) is 138 cm³/mol. The third-order valence-electron chi connectivity index (χ3n) is 6.16. The summed E-state index contributed by atoms with van der Waals surface area (Å²) >= 11 is 0. The Morgan fingerprint density at radius 2 is 1.86 bits per heavy atom. The van der Waals surface area contributed by atoms with Crippen molar-refractivity contribution in [3.8, 4) is 5.75 Å². The summed E-state index contributed by atoms with van der Waals surface area (Å²) in [5.41, 5.74) is 3.43. The van der Waals surface area contributed by atoms with Crippen LogP contribution in [0.2, 0.25) is 0 Å². The molecule has 1 aromatic heterocycles. The number of likely N-dealkylation sites (tertiary alicyclic amines) is 1. The normalized spacial score (nSPS) is 17.1. The first kappa shape index (κ1) is 25.1. The lowest BCUT2D eigenvalue weighted by Crippen LogP contribution is -2.32. The fourth-order valence-corrected chi connectivity index (χ4v) is 4.39. The highest BCUT2D eigenvalue weighted by atomic mass is 16.5. The van der Waals surface area contributed by atoms with Gasteiger partial charge in [-0.1, -0.05) is 35.9 Å². The highest BCUT2D eigenvalue weighted by Gasteiger charge is 2.45. The van der Waals surface area contributed by atoms with Gasteiger partial charge in [-0.3, -0.25) is 14.6 Å². The number of carbonyl (C=O) groups is 2. The van der Waals surface area contributed by atoms with Gasteiger partial charge in [-0.05, 0) is 75.4 Å². The summed E-state index contributed by atoms with van der Waals surface area (Å²) in [6.07, 6.45) is 3.96. The molecule has 7 heteroatoms. The van der Waals surface area contributed by atoms with Gasteiger partial charge in [-0.15, -0.1) is 0 Å². The van der Waals surface area contributed by atoms with Crippen LogP contribution in [0.25, 0.3) is 5.76 Å². The van der Waals surface area contributed by atoms with Gasteiger partial charge in [0, 0.05) is 24.5 Å². The topological polar surface area (TPSA) is 83.0 Å². The van der Waals surface area contributed by atoms with Crippen molar-refractivity contribution >= 4 is 17.4 Å². The van der Waals surface area contributed by atoms with Crippen LogP contribution in [0.15, 0.2) is 78.6 Å². The Hall–Kier alpha value is -3.97. The zero-order valence-electron chi connectivity index (χ0n) is 20.8. The molecule has 1 atom stereocenters. The quantitative estimate of drug-likeness (QED) is 0.276. The molecule has 186 valence electrons. The van der Waals surface area contributed by atoms with Crippen LogP contribution in [0.1, 0.15) is 34.7 Å². The molecular formula is C29H31N3O4. The van der Waals surface area contributed by atoms with Crippen molar-refractivity contribution < 1.29 is 19.4 Å². The molecule has 7 nitrogen and oxygen atoms in total. The zero-order chi connectivity index (χ0) is 25.7. The number of aromatic nitrogens is 1. The summed E-state index contributed by atoms with van der Waals surface area (Å²) in [5, 5.41) is 11.2. The smallest absolute Gasteiger partial charge is 0.295 e. The number of aliphatic hydroxyl groups excluding tert-OH is 1. The van der Waals surface area contributed by atoms with Crippen molar-refractivity contribution in [1.29, 1.82) is 0 Å². The Morgan fingerprint density at radius 3 is 2.53 bits per heavy atom. The van der Waals surface area contributed by atoms with E-state index in [9.17, 15) is 14.7 Å². The van der Waals surface area contributed by atoms with Gasteiger partial charge in [0.15, 0.2) is 0 Å². The molecule has 1 aliphatic heterocycles. The molecule has 0 aliphatic carbocycles. The average Bonchev–Trinajstić information content (AvgIpc) is 3.13. The lowest BCUT2D eigenvalue weighted by Gasteiger charge is -2.25. The Bertz CT molecular complexity index is 1250. The highest BCUT2D eigenvalue weighted by molar-refractivity contribution is 6.46. The van der Waals surface area contributed by atoms with Crippen LogP contribution in [0, 0.1) is 6.92 Å². The van der Waals surface area contributed by atoms with Gasteiger partial charge in [-0.2, -0.15) is 0 Å². The molecule has 1 fully saturated rings. The number of aryl methyl sites for hydroxylation is 1. The van der Waals surface area contributed by atoms with E-state index in [1.165, 1.54) is 4.90 Å². The number of amides is 1. The molecule has 1 amide bonds. The number of aliphatic hydroxyl groups is 1. The summed E-state index contributed by atoms with van der Waals surface area (Å²) in [6, 6.07) is 17.9. The van der Waals surface area contributed by atoms with Crippen LogP contribution in [0.3, 0.4) is 0 Å². The van der Waals surface area contributed by atoms with Gasteiger partial charge in [0.05, 0.1) is 11.6 Å². The fraction of sp³-hybridized carbons (Fsp3) is 0.276. The van der Waals surface area contributed by atoms with E-state index in [0.717, 1.165) is 17.7 Å². The van der Waals surface area contributed by atoms with Crippen LogP contribution >= 0.6 is 0 Å². The molecule has 2 aromatic carbocycles. The largest absolute Gasteiger partial charge is 0.507 e. The molecular weight excluding hydrogens is 454 g/mol. The van der Waals surface area contributed by atoms with Gasteiger partial charge in [-0.25, -0.2) is 0 Å². The van der Waals surface area contributed by atoms with Gasteiger partial charge >= 0.3 is 0 Å². The SMILES string of the molecule is Cc1cccc(COc2ccc(C(O)=C3C(=O)C(=O)N(CCCN(C)C)[C@@H]3c3cccnc3)cc2)c1. The second-order valence-electron chi connectivity index (χ2n) is 9.24. The summed E-state index contributed by atoms with van der Waals surface area (Å²) in [5.74, 6) is -0.864. The molecule has 0 unspecified atom stereocenters. The predicted octanol–water partition coefficient (Wildman–Crippen LogP) is 4.34. The third-order valence-corrected chi connectivity index (χ3v) is 6.16. The molecule has 3 aromatic rings. The number of hydrogen-bond donors (Lipinski definition) is 1. The Labute approximate surface area is 211 Å². The summed E-state index contributed by atoms with van der Waals surface area (Å²) in [7, 11) is 3.92. The van der Waals surface area contributed by atoms with E-state index in [-0.39, 0.29) is 11.3 Å². The van der Waals surface area contributed by atoms with Gasteiger partial charge in [0.1, 0.15) is 18.1 Å². The lowest BCUT2D eigenvalue weighted by atomic mass is 9.96. The number of hydrogen-bond acceptors (Lipinski definition) is 6. The van der Waals surface area contributed by atoms with E-state index < -0.39 is 17.7 Å². The van der Waals surface area contributed by atoms with Crippen molar-refractivity contribution in [2.75, 3.05) is 27.2 Å². The Balaban J connectivity index is 1.60. The second-order valence-corrected chi connectivity index (χ2v) is 9.24. The minimum atomic E-state index is -0.696. The van der Waals surface area contributed by atoms with Crippen LogP contribution < -0.4 is 4.74 Å². The van der Waals surface area contributed by atoms with Gasteiger partial charge in [0.25, 0.3) is 11.7 Å². The van der Waals surface area contributed by atoms with Gasteiger partial charge in [0.2, 0.25) is 0 Å². The first-order chi connectivity index (χ1) is 17.3. The maximum Gasteiger partial charge on any atom is 0.295 e. The van der Waals surface area contributed by atoms with Crippen LogP contribution in [-0.2, 0) is 16.2 Å². The number of Topliss-reactive ketones (excluding diaryl/α,β-unsaturated/α-hetero) is 1. The van der Waals surface area contributed by atoms with Gasteiger partial charge < -0.3 is 19.6 Å². The monoisotopic (exact) mass is 485 g/mol. The van der Waals surface area contributed by atoms with Crippen molar-refractivity contribution in [2.24, 2.45) is 0 Å². The summed E-state index contributed by atoms with van der Waals surface area (Å²) in [4.78, 5) is 33.8. The second kappa shape index (κ2) is 11.2. The minimum absolute atomic E-state index is 0.0753. The molecule has 1 aliphatic rings. The molecule has 0 saturated carbocycles. The van der Waals surface area contributed by atoms with Crippen molar-refractivity contribution in [1.82, 2.24) is 14.8 Å². The number of benzene rings is 2. The van der Waals surface area contributed by atoms with Crippen molar-refractivity contribution in [2.45, 2.75) is 26.0 Å². The standard InChI is InChI=1S/C29H31N3O4/c1-20-7-4-8-21(17-20)19-36-24-12-10-22(11-13-24)27(33)25-26(23-9-5-14-30-18-23)32(29(35)28(25)34)16-6-15-31(2)3/h4-5,7-14,17-18,26,33H,6,15-16,19H2,1-3H3/t26-/m1/s1. The zero-order valence-corrected chi connectivity index (χ0v) is 20.8. The van der Waals surface area contributed by atoms with E-state index in [0.29, 0.717) is 36.4 Å². The molecule has 1 saturated heterocycles. The lowest BCUT2D eigenvalue weighted by molar-refractivity contribution is -0.139. The number of rotatable bonds is 9. The maximum atomic E-state index is 13.1. The van der Waals surface area contributed by atoms with Crippen molar-refractivity contribution in [3.63, 3.8) is 0 Å². The fourth-order valence-electron chi connectivity index (χ4n) is 4.39. The number of ether oxygens (including phenoxy) is 1. The van der Waals surface area contributed by atoms with Crippen LogP contribution in [0.4, 0.5) is 0 Å². The van der Waals surface area contributed by atoms with E-state index in [1.807, 2.05) is 50.2 Å². The maximum absolute atomic E-state index is 13.1. The van der Waals surface area contributed by atoms with E-state index in [4.69, 9.17) is 4.74 Å². The third kappa shape index (κ3) is 5.63. The number of carbonyl (C=O) groups excluding carboxylic acids is 2. The molecule has 1 N–H and O–H groups in total. The number of pyridine rings is 1. The first-order valence-electron chi connectivity index (χ1n) is 12.0. The Morgan fingerprint density at radius 1 is 1.08 bits per heavy atom. The van der Waals surface area contributed by atoms with Crippen molar-refractivity contribution in [3.05, 3.63) is 101 Å². The summed E-state index contributed by atoms with van der Waals surface area (Å²) < 4.78 is 5.88. The first-order valence-corrected chi connectivity index (χ1v) is 12.0. The molecule has 2 heterocycles. The molecule has 0 bridgehead atoms. The van der Waals surface area contributed by atoms with E-state index in [2.05, 4.69) is 11.1 Å². The number of nitrogens with zero attached hydrogens (tertiary/aromatic N) is 3. The van der Waals surface area contributed by atoms with E-state index >= 15 is 0 Å². The minimum Gasteiger partial charge on any atom is -0.507 e. The van der Waals surface area contributed by atoms with Crippen LogP contribution in [0.5, 0.6) is 5.75 Å². The average molecular weight is 486 g/mol. The number of ketones is 1. The molecule has 36 heavy (non-hydrogen) atoms. The highest BCUT2D eigenvalue weighted by Crippen LogP contribution is 2.39. The Kier molecular flexibility index (Phi) is 7.80. The molecule has 0 radical (unpaired) electrons.